The molecule has 0 fully saturated rings. The van der Waals surface area contributed by atoms with Gasteiger partial charge in [0.1, 0.15) is 10.7 Å². The highest BCUT2D eigenvalue weighted by Crippen LogP contribution is 2.31. The number of rotatable bonds is 3. The van der Waals surface area contributed by atoms with Crippen molar-refractivity contribution in [3.63, 3.8) is 0 Å². The Balaban J connectivity index is 1.52. The fraction of sp³-hybridized carbons (Fsp3) is 0.188. The van der Waals surface area contributed by atoms with Gasteiger partial charge in [-0.2, -0.15) is 0 Å². The first-order valence-corrected chi connectivity index (χ1v) is 8.80. The second-order valence-corrected chi connectivity index (χ2v) is 7.04. The van der Waals surface area contributed by atoms with Crippen LogP contribution in [-0.2, 0) is 12.8 Å². The van der Waals surface area contributed by atoms with Gasteiger partial charge >= 0.3 is 0 Å². The van der Waals surface area contributed by atoms with Crippen molar-refractivity contribution in [1.29, 1.82) is 0 Å². The Morgan fingerprint density at radius 3 is 2.82 bits per heavy atom. The van der Waals surface area contributed by atoms with Crippen LogP contribution >= 0.6 is 22.7 Å². The molecule has 4 rings (SSSR count). The zero-order chi connectivity index (χ0) is 14.9. The Morgan fingerprint density at radius 2 is 2.00 bits per heavy atom. The lowest BCUT2D eigenvalue weighted by molar-refractivity contribution is 0.102. The summed E-state index contributed by atoms with van der Waals surface area (Å²) in [5.74, 6) is -0.189. The highest BCUT2D eigenvalue weighted by atomic mass is 32.1. The third-order valence-electron chi connectivity index (χ3n) is 3.57. The summed E-state index contributed by atoms with van der Waals surface area (Å²) in [5, 5.41) is 6.19. The molecule has 0 spiro atoms. The number of benzene rings is 1. The third kappa shape index (κ3) is 2.55. The Morgan fingerprint density at radius 1 is 1.14 bits per heavy atom. The first-order valence-electron chi connectivity index (χ1n) is 7.10. The standard InChI is InChI=1S/C16H13N3OS2/c20-14(19-16-18-11-7-4-8-13(11)22-16)12-9-21-15(17-12)10-5-2-1-3-6-10/h1-3,5-6,9H,4,7-8H2,(H,18,19,20). The minimum absolute atomic E-state index is 0.189. The van der Waals surface area contributed by atoms with Gasteiger partial charge in [-0.05, 0) is 19.3 Å². The van der Waals surface area contributed by atoms with Gasteiger partial charge in [-0.15, -0.1) is 22.7 Å². The summed E-state index contributed by atoms with van der Waals surface area (Å²) in [6.07, 6.45) is 3.28. The van der Waals surface area contributed by atoms with Crippen molar-refractivity contribution in [1.82, 2.24) is 9.97 Å². The van der Waals surface area contributed by atoms with E-state index in [1.54, 1.807) is 16.7 Å². The van der Waals surface area contributed by atoms with Crippen LogP contribution < -0.4 is 5.32 Å². The highest BCUT2D eigenvalue weighted by molar-refractivity contribution is 7.16. The molecule has 0 saturated heterocycles. The van der Waals surface area contributed by atoms with Gasteiger partial charge in [-0.3, -0.25) is 10.1 Å². The molecule has 2 heterocycles. The third-order valence-corrected chi connectivity index (χ3v) is 5.54. The molecule has 1 amide bonds. The number of nitrogens with one attached hydrogen (secondary N) is 1. The van der Waals surface area contributed by atoms with E-state index in [-0.39, 0.29) is 5.91 Å². The molecule has 1 aliphatic rings. The Hall–Kier alpha value is -2.05. The fourth-order valence-corrected chi connectivity index (χ4v) is 4.35. The van der Waals surface area contributed by atoms with Crippen LogP contribution in [-0.4, -0.2) is 15.9 Å². The van der Waals surface area contributed by atoms with Crippen molar-refractivity contribution in [3.8, 4) is 10.6 Å². The number of fused-ring (bicyclic) bond motifs is 1. The number of aromatic nitrogens is 2. The van der Waals surface area contributed by atoms with E-state index in [0.29, 0.717) is 10.8 Å². The maximum Gasteiger partial charge on any atom is 0.276 e. The number of aryl methyl sites for hydroxylation is 2. The second-order valence-electron chi connectivity index (χ2n) is 5.10. The lowest BCUT2D eigenvalue weighted by atomic mass is 10.2. The predicted octanol–water partition coefficient (Wildman–Crippen LogP) is 4.01. The first-order chi connectivity index (χ1) is 10.8. The van der Waals surface area contributed by atoms with E-state index in [2.05, 4.69) is 15.3 Å². The van der Waals surface area contributed by atoms with E-state index >= 15 is 0 Å². The minimum atomic E-state index is -0.189. The van der Waals surface area contributed by atoms with E-state index < -0.39 is 0 Å². The van der Waals surface area contributed by atoms with E-state index in [4.69, 9.17) is 0 Å². The molecule has 4 nitrogen and oxygen atoms in total. The minimum Gasteiger partial charge on any atom is -0.296 e. The van der Waals surface area contributed by atoms with E-state index in [9.17, 15) is 4.79 Å². The van der Waals surface area contributed by atoms with Crippen LogP contribution in [0.15, 0.2) is 35.7 Å². The normalized spacial score (nSPS) is 13.1. The van der Waals surface area contributed by atoms with E-state index in [1.165, 1.54) is 22.6 Å². The molecule has 22 heavy (non-hydrogen) atoms. The monoisotopic (exact) mass is 327 g/mol. The van der Waals surface area contributed by atoms with Gasteiger partial charge < -0.3 is 0 Å². The number of hydrogen-bond acceptors (Lipinski definition) is 5. The van der Waals surface area contributed by atoms with Crippen LogP contribution in [0.5, 0.6) is 0 Å². The summed E-state index contributed by atoms with van der Waals surface area (Å²) in [4.78, 5) is 22.5. The van der Waals surface area contributed by atoms with Crippen LogP contribution in [0.1, 0.15) is 27.5 Å². The molecule has 0 atom stereocenters. The predicted molar refractivity (Wildman–Crippen MR) is 89.6 cm³/mol. The largest absolute Gasteiger partial charge is 0.296 e. The van der Waals surface area contributed by atoms with E-state index in [0.717, 1.165) is 29.1 Å². The van der Waals surface area contributed by atoms with Crippen molar-refractivity contribution in [2.24, 2.45) is 0 Å². The lowest BCUT2D eigenvalue weighted by Gasteiger charge is -1.98. The SMILES string of the molecule is O=C(Nc1nc2c(s1)CCC2)c1csc(-c2ccccc2)n1. The van der Waals surface area contributed by atoms with Gasteiger partial charge in [-0.1, -0.05) is 30.3 Å². The van der Waals surface area contributed by atoms with Crippen molar-refractivity contribution >= 4 is 33.7 Å². The van der Waals surface area contributed by atoms with E-state index in [1.807, 2.05) is 30.3 Å². The summed E-state index contributed by atoms with van der Waals surface area (Å²) in [7, 11) is 0. The number of anilines is 1. The maximum absolute atomic E-state index is 12.3. The molecule has 2 aromatic heterocycles. The Labute approximate surface area is 135 Å². The Kier molecular flexibility index (Phi) is 3.48. The lowest BCUT2D eigenvalue weighted by Crippen LogP contribution is -2.12. The second kappa shape index (κ2) is 5.62. The molecule has 3 aromatic rings. The van der Waals surface area contributed by atoms with Crippen LogP contribution in [0.2, 0.25) is 0 Å². The average molecular weight is 327 g/mol. The molecule has 0 bridgehead atoms. The summed E-state index contributed by atoms with van der Waals surface area (Å²) in [5.41, 5.74) is 2.61. The molecule has 110 valence electrons. The number of carbonyl (C=O) groups excluding carboxylic acids is 1. The van der Waals surface area contributed by atoms with Crippen molar-refractivity contribution in [2.45, 2.75) is 19.3 Å². The molecular weight excluding hydrogens is 314 g/mol. The first kappa shape index (κ1) is 13.6. The maximum atomic E-state index is 12.3. The smallest absolute Gasteiger partial charge is 0.276 e. The molecule has 1 N–H and O–H groups in total. The number of amides is 1. The number of nitrogens with zero attached hydrogens (tertiary/aromatic N) is 2. The van der Waals surface area contributed by atoms with Gasteiger partial charge in [0, 0.05) is 15.8 Å². The van der Waals surface area contributed by atoms with Gasteiger partial charge in [-0.25, -0.2) is 9.97 Å². The molecule has 0 unspecified atom stereocenters. The molecule has 0 saturated carbocycles. The summed E-state index contributed by atoms with van der Waals surface area (Å²) in [6, 6.07) is 9.88. The molecule has 0 aliphatic heterocycles. The number of carbonyl (C=O) groups is 1. The quantitative estimate of drug-likeness (QED) is 0.791. The summed E-state index contributed by atoms with van der Waals surface area (Å²) >= 11 is 3.06. The van der Waals surface area contributed by atoms with Crippen molar-refractivity contribution in [3.05, 3.63) is 52.0 Å². The van der Waals surface area contributed by atoms with Crippen molar-refractivity contribution < 1.29 is 4.79 Å². The highest BCUT2D eigenvalue weighted by Gasteiger charge is 2.19. The Bertz CT molecular complexity index is 802. The van der Waals surface area contributed by atoms with Crippen molar-refractivity contribution in [2.75, 3.05) is 5.32 Å². The average Bonchev–Trinajstić information content (AvgIpc) is 3.23. The van der Waals surface area contributed by atoms with Gasteiger partial charge in [0.15, 0.2) is 5.13 Å². The zero-order valence-electron chi connectivity index (χ0n) is 11.7. The van der Waals surface area contributed by atoms with Crippen LogP contribution in [0.25, 0.3) is 10.6 Å². The number of thiazole rings is 2. The summed E-state index contributed by atoms with van der Waals surface area (Å²) < 4.78 is 0. The fourth-order valence-electron chi connectivity index (χ4n) is 2.50. The number of hydrogen-bond donors (Lipinski definition) is 1. The summed E-state index contributed by atoms with van der Waals surface area (Å²) in [6.45, 7) is 0. The molecule has 0 radical (unpaired) electrons. The topological polar surface area (TPSA) is 54.9 Å². The molecular formula is C16H13N3OS2. The van der Waals surface area contributed by atoms with Gasteiger partial charge in [0.05, 0.1) is 5.69 Å². The van der Waals surface area contributed by atoms with Gasteiger partial charge in [0.2, 0.25) is 0 Å². The van der Waals surface area contributed by atoms with Crippen LogP contribution in [0.3, 0.4) is 0 Å². The van der Waals surface area contributed by atoms with Gasteiger partial charge in [0.25, 0.3) is 5.91 Å². The van der Waals surface area contributed by atoms with Crippen LogP contribution in [0, 0.1) is 0 Å². The zero-order valence-corrected chi connectivity index (χ0v) is 13.3. The molecule has 1 aromatic carbocycles. The van der Waals surface area contributed by atoms with Crippen LogP contribution in [0.4, 0.5) is 5.13 Å². The molecule has 1 aliphatic carbocycles. The molecule has 6 heteroatoms.